The molecule has 0 aromatic rings. The molecule has 1 aliphatic rings. The van der Waals surface area contributed by atoms with Crippen LogP contribution >= 0.6 is 0 Å². The molecular formula is C17H33NO3S. The molecule has 1 N–H and O–H groups in total. The molecule has 0 aromatic carbocycles. The van der Waals surface area contributed by atoms with Crippen LogP contribution in [0.4, 0.5) is 0 Å². The van der Waals surface area contributed by atoms with Crippen LogP contribution in [0.3, 0.4) is 0 Å². The summed E-state index contributed by atoms with van der Waals surface area (Å²) in [5.74, 6) is -0.114. The van der Waals surface area contributed by atoms with Gasteiger partial charge in [0.25, 0.3) is 0 Å². The van der Waals surface area contributed by atoms with E-state index in [2.05, 4.69) is 12.2 Å². The first kappa shape index (κ1) is 19.5. The topological polar surface area (TPSA) is 63.2 Å². The standard InChI is InChI=1S/C17H33NO3S/c1-2-3-4-5-6-7-8-9-10-11-14-18-17(19)16-13-12-15-22(16,20)21/h16H,2-15H2,1H3,(H,18,19). The van der Waals surface area contributed by atoms with Crippen molar-refractivity contribution in [2.45, 2.75) is 89.2 Å². The fourth-order valence-corrected chi connectivity index (χ4v) is 4.81. The Bertz CT molecular complexity index is 406. The summed E-state index contributed by atoms with van der Waals surface area (Å²) in [6.07, 6.45) is 13.7. The quantitative estimate of drug-likeness (QED) is 0.556. The zero-order valence-electron chi connectivity index (χ0n) is 14.1. The molecule has 1 atom stereocenters. The molecule has 0 radical (unpaired) electrons. The number of nitrogens with one attached hydrogen (secondary N) is 1. The van der Waals surface area contributed by atoms with Crippen molar-refractivity contribution in [1.82, 2.24) is 5.32 Å². The van der Waals surface area contributed by atoms with Gasteiger partial charge in [-0.05, 0) is 19.3 Å². The maximum atomic E-state index is 11.8. The largest absolute Gasteiger partial charge is 0.355 e. The normalized spacial score (nSPS) is 20.1. The van der Waals surface area contributed by atoms with Gasteiger partial charge in [0.1, 0.15) is 5.25 Å². The summed E-state index contributed by atoms with van der Waals surface area (Å²) in [5, 5.41) is 2.01. The van der Waals surface area contributed by atoms with Crippen molar-refractivity contribution in [2.75, 3.05) is 12.3 Å². The summed E-state index contributed by atoms with van der Waals surface area (Å²) in [5.41, 5.74) is 0. The van der Waals surface area contributed by atoms with E-state index < -0.39 is 15.1 Å². The van der Waals surface area contributed by atoms with Crippen LogP contribution in [-0.4, -0.2) is 31.9 Å². The second-order valence-corrected chi connectivity index (χ2v) is 8.77. The van der Waals surface area contributed by atoms with Gasteiger partial charge in [-0.1, -0.05) is 64.7 Å². The van der Waals surface area contributed by atoms with Crippen LogP contribution in [0, 0.1) is 0 Å². The molecular weight excluding hydrogens is 298 g/mol. The van der Waals surface area contributed by atoms with Gasteiger partial charge in [-0.25, -0.2) is 8.42 Å². The molecule has 1 aliphatic heterocycles. The third-order valence-electron chi connectivity index (χ3n) is 4.45. The summed E-state index contributed by atoms with van der Waals surface area (Å²) in [7, 11) is -3.16. The molecule has 5 heteroatoms. The van der Waals surface area contributed by atoms with Crippen molar-refractivity contribution < 1.29 is 13.2 Å². The molecule has 1 saturated heterocycles. The van der Waals surface area contributed by atoms with Crippen molar-refractivity contribution in [3.8, 4) is 0 Å². The van der Waals surface area contributed by atoms with E-state index in [4.69, 9.17) is 0 Å². The van der Waals surface area contributed by atoms with Crippen molar-refractivity contribution in [1.29, 1.82) is 0 Å². The molecule has 0 aliphatic carbocycles. The Labute approximate surface area is 136 Å². The molecule has 0 saturated carbocycles. The first-order valence-corrected chi connectivity index (χ1v) is 10.8. The number of amides is 1. The lowest BCUT2D eigenvalue weighted by Crippen LogP contribution is -2.37. The Kier molecular flexibility index (Phi) is 9.76. The lowest BCUT2D eigenvalue weighted by atomic mass is 10.1. The van der Waals surface area contributed by atoms with E-state index in [0.717, 1.165) is 12.8 Å². The Morgan fingerprint density at radius 2 is 1.50 bits per heavy atom. The van der Waals surface area contributed by atoms with E-state index in [0.29, 0.717) is 19.4 Å². The lowest BCUT2D eigenvalue weighted by molar-refractivity contribution is -0.120. The second-order valence-electron chi connectivity index (χ2n) is 6.47. The smallest absolute Gasteiger partial charge is 0.238 e. The highest BCUT2D eigenvalue weighted by Gasteiger charge is 2.36. The van der Waals surface area contributed by atoms with Crippen LogP contribution in [0.15, 0.2) is 0 Å². The van der Waals surface area contributed by atoms with Gasteiger partial charge in [0.15, 0.2) is 9.84 Å². The molecule has 1 fully saturated rings. The maximum Gasteiger partial charge on any atom is 0.238 e. The monoisotopic (exact) mass is 331 g/mol. The van der Waals surface area contributed by atoms with E-state index in [9.17, 15) is 13.2 Å². The van der Waals surface area contributed by atoms with Crippen molar-refractivity contribution in [2.24, 2.45) is 0 Å². The molecule has 4 nitrogen and oxygen atoms in total. The van der Waals surface area contributed by atoms with Gasteiger partial charge < -0.3 is 5.32 Å². The van der Waals surface area contributed by atoms with Crippen molar-refractivity contribution in [3.05, 3.63) is 0 Å². The third-order valence-corrected chi connectivity index (χ3v) is 6.63. The number of carbonyl (C=O) groups is 1. The Morgan fingerprint density at radius 3 is 2.00 bits per heavy atom. The molecule has 1 heterocycles. The molecule has 1 amide bonds. The second kappa shape index (κ2) is 11.0. The van der Waals surface area contributed by atoms with Crippen LogP contribution in [0.25, 0.3) is 0 Å². The van der Waals surface area contributed by atoms with Crippen LogP contribution in [-0.2, 0) is 14.6 Å². The van der Waals surface area contributed by atoms with Crippen LogP contribution in [0.2, 0.25) is 0 Å². The van der Waals surface area contributed by atoms with Gasteiger partial charge in [-0.3, -0.25) is 4.79 Å². The van der Waals surface area contributed by atoms with Gasteiger partial charge in [0.05, 0.1) is 5.75 Å². The van der Waals surface area contributed by atoms with Crippen LogP contribution in [0.1, 0.15) is 84.0 Å². The highest BCUT2D eigenvalue weighted by atomic mass is 32.2. The number of hydrogen-bond donors (Lipinski definition) is 1. The van der Waals surface area contributed by atoms with E-state index in [1.807, 2.05) is 0 Å². The summed E-state index contributed by atoms with van der Waals surface area (Å²) < 4.78 is 23.3. The summed E-state index contributed by atoms with van der Waals surface area (Å²) in [4.78, 5) is 11.8. The zero-order valence-corrected chi connectivity index (χ0v) is 14.9. The summed E-state index contributed by atoms with van der Waals surface area (Å²) >= 11 is 0. The van der Waals surface area contributed by atoms with Gasteiger partial charge in [-0.2, -0.15) is 0 Å². The number of hydrogen-bond acceptors (Lipinski definition) is 3. The highest BCUT2D eigenvalue weighted by Crippen LogP contribution is 2.19. The Morgan fingerprint density at radius 1 is 0.955 bits per heavy atom. The van der Waals surface area contributed by atoms with Gasteiger partial charge >= 0.3 is 0 Å². The number of carbonyl (C=O) groups excluding carboxylic acids is 1. The molecule has 1 unspecified atom stereocenters. The molecule has 130 valence electrons. The Hall–Kier alpha value is -0.580. The molecule has 22 heavy (non-hydrogen) atoms. The summed E-state index contributed by atoms with van der Waals surface area (Å²) in [6, 6.07) is 0. The average molecular weight is 332 g/mol. The highest BCUT2D eigenvalue weighted by molar-refractivity contribution is 7.93. The van der Waals surface area contributed by atoms with E-state index in [1.165, 1.54) is 51.4 Å². The van der Waals surface area contributed by atoms with Gasteiger partial charge in [0.2, 0.25) is 5.91 Å². The first-order valence-electron chi connectivity index (χ1n) is 9.07. The van der Waals surface area contributed by atoms with Gasteiger partial charge in [0, 0.05) is 6.54 Å². The average Bonchev–Trinajstić information content (AvgIpc) is 2.84. The fourth-order valence-electron chi connectivity index (χ4n) is 3.02. The van der Waals surface area contributed by atoms with Gasteiger partial charge in [-0.15, -0.1) is 0 Å². The number of unbranched alkanes of at least 4 members (excludes halogenated alkanes) is 9. The SMILES string of the molecule is CCCCCCCCCCCCNC(=O)C1CCCS1(=O)=O. The number of rotatable bonds is 12. The number of sulfone groups is 1. The Balaban J connectivity index is 1.92. The van der Waals surface area contributed by atoms with Crippen molar-refractivity contribution in [3.63, 3.8) is 0 Å². The zero-order chi connectivity index (χ0) is 16.3. The third kappa shape index (κ3) is 7.61. The molecule has 0 aromatic heterocycles. The molecule has 1 rings (SSSR count). The van der Waals surface area contributed by atoms with Crippen molar-refractivity contribution >= 4 is 15.7 Å². The molecule has 0 spiro atoms. The van der Waals surface area contributed by atoms with Crippen LogP contribution < -0.4 is 5.32 Å². The predicted octanol–water partition coefficient (Wildman–Crippen LogP) is 3.60. The van der Waals surface area contributed by atoms with E-state index in [-0.39, 0.29) is 11.7 Å². The lowest BCUT2D eigenvalue weighted by Gasteiger charge is -2.10. The van der Waals surface area contributed by atoms with E-state index in [1.54, 1.807) is 0 Å². The minimum Gasteiger partial charge on any atom is -0.355 e. The first-order chi connectivity index (χ1) is 10.6. The summed E-state index contributed by atoms with van der Waals surface area (Å²) in [6.45, 7) is 2.85. The minimum absolute atomic E-state index is 0.170. The van der Waals surface area contributed by atoms with E-state index >= 15 is 0 Å². The minimum atomic E-state index is -3.16. The predicted molar refractivity (Wildman–Crippen MR) is 91.7 cm³/mol. The fraction of sp³-hybridized carbons (Fsp3) is 0.941. The molecule has 0 bridgehead atoms. The maximum absolute atomic E-state index is 11.8. The van der Waals surface area contributed by atoms with Crippen LogP contribution in [0.5, 0.6) is 0 Å².